The van der Waals surface area contributed by atoms with E-state index in [2.05, 4.69) is 15.2 Å². The van der Waals surface area contributed by atoms with Gasteiger partial charge in [0, 0.05) is 31.8 Å². The molecule has 1 atom stereocenters. The minimum atomic E-state index is -0.977. The zero-order chi connectivity index (χ0) is 19.9. The van der Waals surface area contributed by atoms with E-state index in [1.54, 1.807) is 33.6 Å². The molecule has 0 spiro atoms. The standard InChI is InChI=1S/C19H24N6O3/c1-3-24-16(21-22-18(24)28)13-7-10-23(11-8-13)15(26)12-19(2)17(27)20-14-6-4-5-9-25(14)19/h4-6,9,13H,3,7-8,10-12H2,1-2H3,(H,22,28). The summed E-state index contributed by atoms with van der Waals surface area (Å²) >= 11 is 0. The van der Waals surface area contributed by atoms with Crippen LogP contribution in [0.4, 0.5) is 0 Å². The third-order valence-electron chi connectivity index (χ3n) is 5.86. The molecular formula is C19H24N6O3. The number of hydrogen-bond acceptors (Lipinski definition) is 5. The van der Waals surface area contributed by atoms with Crippen LogP contribution in [0.5, 0.6) is 0 Å². The molecule has 3 aliphatic heterocycles. The van der Waals surface area contributed by atoms with Gasteiger partial charge in [-0.25, -0.2) is 9.89 Å². The molecule has 0 saturated carbocycles. The Morgan fingerprint density at radius 3 is 2.75 bits per heavy atom. The van der Waals surface area contributed by atoms with E-state index in [1.165, 1.54) is 0 Å². The summed E-state index contributed by atoms with van der Waals surface area (Å²) in [4.78, 5) is 44.9. The highest BCUT2D eigenvalue weighted by Crippen LogP contribution is 2.32. The van der Waals surface area contributed by atoms with E-state index < -0.39 is 5.54 Å². The fourth-order valence-electron chi connectivity index (χ4n) is 4.17. The summed E-state index contributed by atoms with van der Waals surface area (Å²) in [5.41, 5.74) is -1.17. The number of nitrogens with zero attached hydrogens (tertiary/aromatic N) is 5. The van der Waals surface area contributed by atoms with Crippen molar-refractivity contribution in [3.63, 3.8) is 0 Å². The van der Waals surface area contributed by atoms with E-state index in [0.717, 1.165) is 18.7 Å². The fourth-order valence-corrected chi connectivity index (χ4v) is 4.17. The second kappa shape index (κ2) is 6.88. The van der Waals surface area contributed by atoms with E-state index in [1.807, 2.05) is 19.1 Å². The van der Waals surface area contributed by atoms with E-state index in [0.29, 0.717) is 25.5 Å². The topological polar surface area (TPSA) is 104 Å². The van der Waals surface area contributed by atoms with Crippen molar-refractivity contribution in [3.05, 3.63) is 40.7 Å². The molecule has 9 heteroatoms. The molecule has 1 N–H and O–H groups in total. The molecular weight excluding hydrogens is 360 g/mol. The number of aliphatic imine (C=N–C) groups is 1. The number of allylic oxidation sites excluding steroid dienone is 2. The van der Waals surface area contributed by atoms with Crippen molar-refractivity contribution in [2.24, 2.45) is 4.99 Å². The minimum Gasteiger partial charge on any atom is -0.343 e. The van der Waals surface area contributed by atoms with Crippen molar-refractivity contribution in [2.75, 3.05) is 13.1 Å². The van der Waals surface area contributed by atoms with Gasteiger partial charge in [-0.1, -0.05) is 6.08 Å². The lowest BCUT2D eigenvalue weighted by molar-refractivity contribution is -0.138. The Kier molecular flexibility index (Phi) is 4.52. The van der Waals surface area contributed by atoms with Crippen molar-refractivity contribution < 1.29 is 9.59 Å². The zero-order valence-electron chi connectivity index (χ0n) is 16.1. The van der Waals surface area contributed by atoms with Crippen molar-refractivity contribution in [3.8, 4) is 0 Å². The molecule has 0 bridgehead atoms. The average molecular weight is 384 g/mol. The van der Waals surface area contributed by atoms with Crippen molar-refractivity contribution in [1.82, 2.24) is 24.6 Å². The van der Waals surface area contributed by atoms with Crippen molar-refractivity contribution in [2.45, 2.75) is 51.1 Å². The van der Waals surface area contributed by atoms with Gasteiger partial charge in [-0.3, -0.25) is 14.2 Å². The quantitative estimate of drug-likeness (QED) is 0.826. The van der Waals surface area contributed by atoms with E-state index in [9.17, 15) is 14.4 Å². The summed E-state index contributed by atoms with van der Waals surface area (Å²) < 4.78 is 1.65. The maximum atomic E-state index is 12.9. The van der Waals surface area contributed by atoms with E-state index >= 15 is 0 Å². The molecule has 4 heterocycles. The van der Waals surface area contributed by atoms with Gasteiger partial charge in [0.05, 0.1) is 6.42 Å². The Balaban J connectivity index is 1.41. The molecule has 0 radical (unpaired) electrons. The van der Waals surface area contributed by atoms with Crippen LogP contribution in [0.15, 0.2) is 34.2 Å². The first-order chi connectivity index (χ1) is 13.4. The molecule has 3 aliphatic rings. The van der Waals surface area contributed by atoms with Crippen LogP contribution in [0, 0.1) is 0 Å². The predicted molar refractivity (Wildman–Crippen MR) is 103 cm³/mol. The highest BCUT2D eigenvalue weighted by molar-refractivity contribution is 6.13. The molecule has 1 aromatic heterocycles. The van der Waals surface area contributed by atoms with Crippen molar-refractivity contribution >= 4 is 17.6 Å². The molecule has 9 nitrogen and oxygen atoms in total. The average Bonchev–Trinajstić information content (AvgIpc) is 3.19. The number of amidine groups is 1. The number of carbonyl (C=O) groups is 2. The van der Waals surface area contributed by atoms with Gasteiger partial charge >= 0.3 is 5.69 Å². The van der Waals surface area contributed by atoms with Gasteiger partial charge in [0.2, 0.25) is 5.91 Å². The van der Waals surface area contributed by atoms with Gasteiger partial charge in [-0.15, -0.1) is 0 Å². The summed E-state index contributed by atoms with van der Waals surface area (Å²) in [7, 11) is 0. The number of rotatable bonds is 4. The lowest BCUT2D eigenvalue weighted by Gasteiger charge is -2.36. The number of aromatic amines is 1. The number of fused-ring (bicyclic) bond motifs is 1. The van der Waals surface area contributed by atoms with Crippen LogP contribution in [0.3, 0.4) is 0 Å². The lowest BCUT2D eigenvalue weighted by Crippen LogP contribution is -2.51. The van der Waals surface area contributed by atoms with Gasteiger partial charge in [-0.2, -0.15) is 10.1 Å². The number of carbonyl (C=O) groups excluding carboxylic acids is 2. The predicted octanol–water partition coefficient (Wildman–Crippen LogP) is 0.770. The van der Waals surface area contributed by atoms with Crippen LogP contribution < -0.4 is 5.69 Å². The number of amides is 2. The second-order valence-corrected chi connectivity index (χ2v) is 7.58. The molecule has 0 aliphatic carbocycles. The molecule has 4 rings (SSSR count). The molecule has 0 aromatic carbocycles. The molecule has 1 fully saturated rings. The zero-order valence-corrected chi connectivity index (χ0v) is 16.1. The number of nitrogens with one attached hydrogen (secondary N) is 1. The molecule has 1 unspecified atom stereocenters. The largest absolute Gasteiger partial charge is 0.343 e. The van der Waals surface area contributed by atoms with Crippen LogP contribution in [-0.2, 0) is 16.1 Å². The maximum Gasteiger partial charge on any atom is 0.343 e. The monoisotopic (exact) mass is 384 g/mol. The molecule has 1 saturated heterocycles. The van der Waals surface area contributed by atoms with Gasteiger partial charge in [0.15, 0.2) is 0 Å². The fraction of sp³-hybridized carbons (Fsp3) is 0.526. The summed E-state index contributed by atoms with van der Waals surface area (Å²) in [5.74, 6) is 1.16. The van der Waals surface area contributed by atoms with Crippen LogP contribution in [0.2, 0.25) is 0 Å². The van der Waals surface area contributed by atoms with Crippen LogP contribution in [0.25, 0.3) is 0 Å². The molecule has 1 aromatic rings. The number of likely N-dealkylation sites (tertiary alicyclic amines) is 1. The smallest absolute Gasteiger partial charge is 0.343 e. The normalized spacial score (nSPS) is 24.6. The van der Waals surface area contributed by atoms with Gasteiger partial charge in [-0.05, 0) is 38.8 Å². The number of H-pyrrole nitrogens is 1. The first-order valence-corrected chi connectivity index (χ1v) is 9.64. The first kappa shape index (κ1) is 18.4. The number of aromatic nitrogens is 3. The Morgan fingerprint density at radius 2 is 2.04 bits per heavy atom. The summed E-state index contributed by atoms with van der Waals surface area (Å²) in [5, 5.41) is 6.68. The Bertz CT molecular complexity index is 947. The third-order valence-corrected chi connectivity index (χ3v) is 5.86. The summed E-state index contributed by atoms with van der Waals surface area (Å²) in [6.07, 6.45) is 8.81. The van der Waals surface area contributed by atoms with E-state index in [-0.39, 0.29) is 29.8 Å². The van der Waals surface area contributed by atoms with E-state index in [4.69, 9.17) is 0 Å². The Hall–Kier alpha value is -2.97. The SMILES string of the molecule is CCn1c(C2CCN(C(=O)CC3(C)C(=O)N=C4C=CC=CN43)CC2)n[nH]c1=O. The van der Waals surface area contributed by atoms with Crippen molar-refractivity contribution in [1.29, 1.82) is 0 Å². The highest BCUT2D eigenvalue weighted by Gasteiger charge is 2.47. The summed E-state index contributed by atoms with van der Waals surface area (Å²) in [6, 6.07) is 0. The Labute approximate surface area is 162 Å². The van der Waals surface area contributed by atoms with Gasteiger partial charge in [0.1, 0.15) is 17.2 Å². The highest BCUT2D eigenvalue weighted by atomic mass is 16.2. The second-order valence-electron chi connectivity index (χ2n) is 7.58. The molecule has 2 amide bonds. The summed E-state index contributed by atoms with van der Waals surface area (Å²) in [6.45, 7) is 5.43. The third kappa shape index (κ3) is 2.90. The molecule has 28 heavy (non-hydrogen) atoms. The number of piperidine rings is 1. The van der Waals surface area contributed by atoms with Crippen LogP contribution in [0.1, 0.15) is 44.9 Å². The van der Waals surface area contributed by atoms with Crippen LogP contribution in [-0.4, -0.2) is 60.8 Å². The minimum absolute atomic E-state index is 0.0522. The Morgan fingerprint density at radius 1 is 1.29 bits per heavy atom. The van der Waals surface area contributed by atoms with Gasteiger partial charge in [0.25, 0.3) is 5.91 Å². The first-order valence-electron chi connectivity index (χ1n) is 9.64. The lowest BCUT2D eigenvalue weighted by atomic mass is 9.92. The van der Waals surface area contributed by atoms with Crippen LogP contribution >= 0.6 is 0 Å². The van der Waals surface area contributed by atoms with Gasteiger partial charge < -0.3 is 9.80 Å². The molecule has 148 valence electrons. The number of hydrogen-bond donors (Lipinski definition) is 1. The maximum absolute atomic E-state index is 12.9.